The second-order valence-corrected chi connectivity index (χ2v) is 8.47. The maximum atomic E-state index is 12.6. The van der Waals surface area contributed by atoms with Crippen LogP contribution in [0.3, 0.4) is 0 Å². The smallest absolute Gasteiger partial charge is 0.251 e. The van der Waals surface area contributed by atoms with Crippen LogP contribution in [0.5, 0.6) is 0 Å². The van der Waals surface area contributed by atoms with E-state index in [2.05, 4.69) is 27.1 Å². The predicted octanol–water partition coefficient (Wildman–Crippen LogP) is 2.03. The SMILES string of the molecule is CCc1ccc(C(=O)NC[C@H]2[C@H]3CN(c4cc(N)ncn4)C[C@]34CC[C@H]2O4)cc1. The topological polar surface area (TPSA) is 93.4 Å². The lowest BCUT2D eigenvalue weighted by atomic mass is 9.73. The van der Waals surface area contributed by atoms with E-state index in [1.165, 1.54) is 11.9 Å². The molecule has 3 N–H and O–H groups in total. The third kappa shape index (κ3) is 3.13. The molecule has 3 fully saturated rings. The average Bonchev–Trinajstić information content (AvgIpc) is 3.41. The minimum atomic E-state index is -0.122. The Kier molecular flexibility index (Phi) is 4.42. The van der Waals surface area contributed by atoms with Crippen LogP contribution in [0.15, 0.2) is 36.7 Å². The Morgan fingerprint density at radius 1 is 1.34 bits per heavy atom. The van der Waals surface area contributed by atoms with Crippen molar-refractivity contribution in [3.63, 3.8) is 0 Å². The second-order valence-electron chi connectivity index (χ2n) is 8.47. The summed E-state index contributed by atoms with van der Waals surface area (Å²) in [6.45, 7) is 4.46. The number of fused-ring (bicyclic) bond motifs is 1. The van der Waals surface area contributed by atoms with Gasteiger partial charge >= 0.3 is 0 Å². The summed E-state index contributed by atoms with van der Waals surface area (Å²) in [5, 5.41) is 3.15. The van der Waals surface area contributed by atoms with E-state index in [-0.39, 0.29) is 17.6 Å². The van der Waals surface area contributed by atoms with Crippen molar-refractivity contribution in [2.75, 3.05) is 30.3 Å². The maximum absolute atomic E-state index is 12.6. The van der Waals surface area contributed by atoms with Crippen LogP contribution in [0.4, 0.5) is 11.6 Å². The summed E-state index contributed by atoms with van der Waals surface area (Å²) < 4.78 is 6.48. The zero-order chi connectivity index (χ0) is 20.0. The van der Waals surface area contributed by atoms with E-state index in [1.807, 2.05) is 30.3 Å². The molecule has 0 radical (unpaired) electrons. The molecule has 1 spiro atoms. The summed E-state index contributed by atoms with van der Waals surface area (Å²) in [4.78, 5) is 23.3. The van der Waals surface area contributed by atoms with Crippen molar-refractivity contribution < 1.29 is 9.53 Å². The maximum Gasteiger partial charge on any atom is 0.251 e. The average molecular weight is 393 g/mol. The fraction of sp³-hybridized carbons (Fsp3) is 0.500. The van der Waals surface area contributed by atoms with Crippen LogP contribution in [0.25, 0.3) is 0 Å². The minimum Gasteiger partial charge on any atom is -0.384 e. The molecule has 0 unspecified atom stereocenters. The van der Waals surface area contributed by atoms with Gasteiger partial charge in [-0.05, 0) is 37.0 Å². The molecule has 7 heteroatoms. The monoisotopic (exact) mass is 393 g/mol. The van der Waals surface area contributed by atoms with Crippen LogP contribution in [0.2, 0.25) is 0 Å². The van der Waals surface area contributed by atoms with Gasteiger partial charge in [0.2, 0.25) is 0 Å². The minimum absolute atomic E-state index is 0.0112. The molecule has 3 aliphatic heterocycles. The van der Waals surface area contributed by atoms with Gasteiger partial charge in [0.1, 0.15) is 18.0 Å². The Labute approximate surface area is 170 Å². The fourth-order valence-electron chi connectivity index (χ4n) is 5.38. The number of anilines is 2. The Morgan fingerprint density at radius 2 is 2.17 bits per heavy atom. The van der Waals surface area contributed by atoms with Gasteiger partial charge in [0.15, 0.2) is 0 Å². The quantitative estimate of drug-likeness (QED) is 0.807. The number of amides is 1. The standard InChI is InChI=1S/C22H27N5O2/c1-2-14-3-5-15(6-4-14)21(28)24-10-16-17-11-27(20-9-19(23)25-13-26-20)12-22(17)8-7-18(16)29-22/h3-6,9,13,16-18H,2,7-8,10-12H2,1H3,(H,24,28)(H2,23,25,26)/t16-,17+,18+,22+/m0/s1. The highest BCUT2D eigenvalue weighted by atomic mass is 16.5. The van der Waals surface area contributed by atoms with Crippen molar-refractivity contribution in [2.45, 2.75) is 37.9 Å². The molecule has 3 aliphatic rings. The highest BCUT2D eigenvalue weighted by Gasteiger charge is 2.63. The van der Waals surface area contributed by atoms with Gasteiger partial charge in [-0.1, -0.05) is 19.1 Å². The third-order valence-electron chi connectivity index (χ3n) is 6.90. The first-order valence-corrected chi connectivity index (χ1v) is 10.5. The van der Waals surface area contributed by atoms with E-state index in [0.717, 1.165) is 38.2 Å². The highest BCUT2D eigenvalue weighted by molar-refractivity contribution is 5.94. The van der Waals surface area contributed by atoms with Crippen LogP contribution in [0, 0.1) is 11.8 Å². The van der Waals surface area contributed by atoms with Crippen LogP contribution >= 0.6 is 0 Å². The Bertz CT molecular complexity index is 918. The normalized spacial score (nSPS) is 29.8. The first-order valence-electron chi connectivity index (χ1n) is 10.5. The number of benzene rings is 1. The van der Waals surface area contributed by atoms with E-state index in [9.17, 15) is 4.79 Å². The summed E-state index contributed by atoms with van der Waals surface area (Å²) in [6, 6.07) is 9.67. The van der Waals surface area contributed by atoms with Crippen LogP contribution in [-0.4, -0.2) is 47.2 Å². The molecular weight excluding hydrogens is 366 g/mol. The Morgan fingerprint density at radius 3 is 2.93 bits per heavy atom. The lowest BCUT2D eigenvalue weighted by Gasteiger charge is -2.29. The van der Waals surface area contributed by atoms with Crippen LogP contribution in [0.1, 0.15) is 35.7 Å². The predicted molar refractivity (Wildman–Crippen MR) is 111 cm³/mol. The summed E-state index contributed by atoms with van der Waals surface area (Å²) >= 11 is 0. The van der Waals surface area contributed by atoms with E-state index >= 15 is 0 Å². The molecule has 4 atom stereocenters. The largest absolute Gasteiger partial charge is 0.384 e. The lowest BCUT2D eigenvalue weighted by molar-refractivity contribution is 0.0141. The number of nitrogens with one attached hydrogen (secondary N) is 1. The molecule has 2 bridgehead atoms. The number of nitrogens with zero attached hydrogens (tertiary/aromatic N) is 3. The molecule has 3 saturated heterocycles. The van der Waals surface area contributed by atoms with E-state index in [0.29, 0.717) is 29.8 Å². The first kappa shape index (κ1) is 18.4. The van der Waals surface area contributed by atoms with E-state index < -0.39 is 0 Å². The second kappa shape index (κ2) is 6.99. The van der Waals surface area contributed by atoms with Crippen molar-refractivity contribution >= 4 is 17.5 Å². The zero-order valence-corrected chi connectivity index (χ0v) is 16.7. The Balaban J connectivity index is 1.27. The Hall–Kier alpha value is -2.67. The van der Waals surface area contributed by atoms with Gasteiger partial charge < -0.3 is 20.7 Å². The van der Waals surface area contributed by atoms with Gasteiger partial charge in [0.25, 0.3) is 5.91 Å². The van der Waals surface area contributed by atoms with Gasteiger partial charge in [0.05, 0.1) is 11.7 Å². The first-order chi connectivity index (χ1) is 14.1. The molecule has 7 nitrogen and oxygen atoms in total. The van der Waals surface area contributed by atoms with Gasteiger partial charge in [-0.3, -0.25) is 4.79 Å². The van der Waals surface area contributed by atoms with Crippen molar-refractivity contribution in [3.05, 3.63) is 47.8 Å². The summed E-state index contributed by atoms with van der Waals surface area (Å²) in [5.41, 5.74) is 7.67. The van der Waals surface area contributed by atoms with Gasteiger partial charge in [-0.25, -0.2) is 9.97 Å². The molecule has 1 amide bonds. The molecule has 29 heavy (non-hydrogen) atoms. The van der Waals surface area contributed by atoms with Gasteiger partial charge in [-0.2, -0.15) is 0 Å². The summed E-state index contributed by atoms with van der Waals surface area (Å²) in [6.07, 6.45) is 4.85. The number of hydrogen-bond donors (Lipinski definition) is 2. The molecule has 2 aromatic rings. The third-order valence-corrected chi connectivity index (χ3v) is 6.90. The molecule has 5 rings (SSSR count). The number of nitrogens with two attached hydrogens (primary N) is 1. The number of aromatic nitrogens is 2. The number of aryl methyl sites for hydroxylation is 1. The summed E-state index contributed by atoms with van der Waals surface area (Å²) in [7, 11) is 0. The van der Waals surface area contributed by atoms with Crippen molar-refractivity contribution in [3.8, 4) is 0 Å². The molecule has 1 aromatic carbocycles. The molecule has 4 heterocycles. The van der Waals surface area contributed by atoms with Gasteiger partial charge in [0, 0.05) is 43.1 Å². The summed E-state index contributed by atoms with van der Waals surface area (Å²) in [5.74, 6) is 2.04. The molecular formula is C22H27N5O2. The van der Waals surface area contributed by atoms with Crippen molar-refractivity contribution in [2.24, 2.45) is 11.8 Å². The zero-order valence-electron chi connectivity index (χ0n) is 16.7. The van der Waals surface area contributed by atoms with Crippen LogP contribution in [-0.2, 0) is 11.2 Å². The van der Waals surface area contributed by atoms with E-state index in [1.54, 1.807) is 0 Å². The van der Waals surface area contributed by atoms with Crippen molar-refractivity contribution in [1.82, 2.24) is 15.3 Å². The van der Waals surface area contributed by atoms with Crippen LogP contribution < -0.4 is 16.0 Å². The number of nitrogen functional groups attached to an aromatic ring is 1. The lowest BCUT2D eigenvalue weighted by Crippen LogP contribution is -2.41. The number of rotatable bonds is 5. The molecule has 152 valence electrons. The molecule has 1 aromatic heterocycles. The number of carbonyl (C=O) groups excluding carboxylic acids is 1. The number of hydrogen-bond acceptors (Lipinski definition) is 6. The molecule has 0 aliphatic carbocycles. The van der Waals surface area contributed by atoms with Gasteiger partial charge in [-0.15, -0.1) is 0 Å². The highest BCUT2D eigenvalue weighted by Crippen LogP contribution is 2.55. The van der Waals surface area contributed by atoms with Crippen molar-refractivity contribution in [1.29, 1.82) is 0 Å². The number of carbonyl (C=O) groups is 1. The molecule has 0 saturated carbocycles. The number of ether oxygens (including phenoxy) is 1. The van der Waals surface area contributed by atoms with E-state index in [4.69, 9.17) is 10.5 Å². The fourth-order valence-corrected chi connectivity index (χ4v) is 5.38.